The Bertz CT molecular complexity index is 558. The van der Waals surface area contributed by atoms with Crippen molar-refractivity contribution in [3.63, 3.8) is 0 Å². The fraction of sp³-hybridized carbons (Fsp3) is 0.562. The topological polar surface area (TPSA) is 28.2 Å². The fourth-order valence-electron chi connectivity index (χ4n) is 2.33. The highest BCUT2D eigenvalue weighted by Crippen LogP contribution is 2.29. The summed E-state index contributed by atoms with van der Waals surface area (Å²) in [4.78, 5) is 9.98. The number of nitrogens with zero attached hydrogens (tertiary/aromatic N) is 2. The van der Waals surface area contributed by atoms with Gasteiger partial charge in [-0.05, 0) is 30.7 Å². The standard InChI is InChI=1S/C16H23N3S2/c1-3-5-14-15(10-17-12-7-8-12)21-16(18-14)19(2)11-13-6-4-9-20-13/h4,6,9,12,17H,3,5,7-8,10-11H2,1-2H3. The lowest BCUT2D eigenvalue weighted by Gasteiger charge is -2.14. The zero-order valence-electron chi connectivity index (χ0n) is 12.8. The Hall–Kier alpha value is -0.910. The number of rotatable bonds is 8. The molecule has 2 aromatic heterocycles. The molecule has 0 saturated heterocycles. The van der Waals surface area contributed by atoms with E-state index in [-0.39, 0.29) is 0 Å². The Morgan fingerprint density at radius 1 is 1.43 bits per heavy atom. The van der Waals surface area contributed by atoms with Crippen LogP contribution in [0.4, 0.5) is 5.13 Å². The van der Waals surface area contributed by atoms with Crippen LogP contribution in [-0.2, 0) is 19.5 Å². The lowest BCUT2D eigenvalue weighted by atomic mass is 10.2. The lowest BCUT2D eigenvalue weighted by molar-refractivity contribution is 0.686. The molecule has 3 rings (SSSR count). The van der Waals surface area contributed by atoms with Crippen LogP contribution in [0.15, 0.2) is 17.5 Å². The minimum Gasteiger partial charge on any atom is -0.346 e. The van der Waals surface area contributed by atoms with Gasteiger partial charge in [-0.15, -0.1) is 22.7 Å². The molecule has 1 saturated carbocycles. The molecule has 0 aliphatic heterocycles. The van der Waals surface area contributed by atoms with Gasteiger partial charge in [-0.25, -0.2) is 4.98 Å². The SMILES string of the molecule is CCCc1nc(N(C)Cc2cccs2)sc1CNC1CC1. The van der Waals surface area contributed by atoms with Gasteiger partial charge in [-0.1, -0.05) is 19.4 Å². The Morgan fingerprint density at radius 3 is 2.95 bits per heavy atom. The van der Waals surface area contributed by atoms with Crippen LogP contribution >= 0.6 is 22.7 Å². The Kier molecular flexibility index (Phi) is 4.93. The van der Waals surface area contributed by atoms with E-state index < -0.39 is 0 Å². The molecule has 0 spiro atoms. The largest absolute Gasteiger partial charge is 0.346 e. The first-order valence-electron chi connectivity index (χ1n) is 7.71. The van der Waals surface area contributed by atoms with Crippen LogP contribution in [0.1, 0.15) is 41.6 Å². The highest BCUT2D eigenvalue weighted by Gasteiger charge is 2.22. The number of aryl methyl sites for hydroxylation is 1. The van der Waals surface area contributed by atoms with Crippen LogP contribution in [0, 0.1) is 0 Å². The molecule has 1 aliphatic carbocycles. The van der Waals surface area contributed by atoms with Crippen molar-refractivity contribution in [2.24, 2.45) is 0 Å². The van der Waals surface area contributed by atoms with Crippen LogP contribution in [0.3, 0.4) is 0 Å². The molecule has 0 aromatic carbocycles. The molecule has 0 radical (unpaired) electrons. The van der Waals surface area contributed by atoms with Gasteiger partial charge in [0.2, 0.25) is 0 Å². The van der Waals surface area contributed by atoms with Crippen molar-refractivity contribution >= 4 is 27.8 Å². The second-order valence-electron chi connectivity index (χ2n) is 5.71. The van der Waals surface area contributed by atoms with Crippen molar-refractivity contribution in [1.29, 1.82) is 0 Å². The van der Waals surface area contributed by atoms with Crippen LogP contribution in [0.2, 0.25) is 0 Å². The Labute approximate surface area is 135 Å². The molecule has 5 heteroatoms. The summed E-state index contributed by atoms with van der Waals surface area (Å²) >= 11 is 3.67. The van der Waals surface area contributed by atoms with Gasteiger partial charge in [-0.3, -0.25) is 0 Å². The zero-order valence-corrected chi connectivity index (χ0v) is 14.4. The summed E-state index contributed by atoms with van der Waals surface area (Å²) in [5, 5.41) is 6.91. The van der Waals surface area contributed by atoms with E-state index in [1.54, 1.807) is 0 Å². The van der Waals surface area contributed by atoms with Crippen molar-refractivity contribution < 1.29 is 0 Å². The number of thiophene rings is 1. The fourth-order valence-corrected chi connectivity index (χ4v) is 4.11. The zero-order chi connectivity index (χ0) is 14.7. The van der Waals surface area contributed by atoms with Crippen molar-refractivity contribution in [1.82, 2.24) is 10.3 Å². The highest BCUT2D eigenvalue weighted by molar-refractivity contribution is 7.15. The number of hydrogen-bond donors (Lipinski definition) is 1. The predicted octanol–water partition coefficient (Wildman–Crippen LogP) is 4.05. The first-order chi connectivity index (χ1) is 10.3. The van der Waals surface area contributed by atoms with E-state index in [4.69, 9.17) is 4.98 Å². The van der Waals surface area contributed by atoms with Gasteiger partial charge in [0, 0.05) is 29.4 Å². The van der Waals surface area contributed by atoms with E-state index in [9.17, 15) is 0 Å². The third-order valence-corrected chi connectivity index (χ3v) is 5.76. The first kappa shape index (κ1) is 15.0. The predicted molar refractivity (Wildman–Crippen MR) is 92.4 cm³/mol. The van der Waals surface area contributed by atoms with Gasteiger partial charge in [0.1, 0.15) is 0 Å². The van der Waals surface area contributed by atoms with E-state index in [0.717, 1.165) is 37.1 Å². The van der Waals surface area contributed by atoms with E-state index in [0.29, 0.717) is 0 Å². The smallest absolute Gasteiger partial charge is 0.185 e. The average molecular weight is 322 g/mol. The minimum atomic E-state index is 0.758. The molecule has 2 aromatic rings. The molecule has 0 atom stereocenters. The minimum absolute atomic E-state index is 0.758. The third-order valence-electron chi connectivity index (χ3n) is 3.68. The van der Waals surface area contributed by atoms with Crippen molar-refractivity contribution in [2.75, 3.05) is 11.9 Å². The average Bonchev–Trinajstić information content (AvgIpc) is 2.99. The van der Waals surface area contributed by atoms with Gasteiger partial charge in [0.05, 0.1) is 12.2 Å². The van der Waals surface area contributed by atoms with Crippen molar-refractivity contribution in [3.8, 4) is 0 Å². The number of anilines is 1. The monoisotopic (exact) mass is 321 g/mol. The molecule has 2 heterocycles. The highest BCUT2D eigenvalue weighted by atomic mass is 32.1. The van der Waals surface area contributed by atoms with E-state index >= 15 is 0 Å². The molecule has 3 nitrogen and oxygen atoms in total. The maximum atomic E-state index is 4.89. The molecule has 1 aliphatic rings. The number of thiazole rings is 1. The number of nitrogens with one attached hydrogen (secondary N) is 1. The van der Waals surface area contributed by atoms with Crippen molar-refractivity contribution in [2.45, 2.75) is 51.7 Å². The summed E-state index contributed by atoms with van der Waals surface area (Å²) in [6, 6.07) is 5.06. The number of aromatic nitrogens is 1. The van der Waals surface area contributed by atoms with Gasteiger partial charge in [-0.2, -0.15) is 0 Å². The molecule has 1 fully saturated rings. The maximum absolute atomic E-state index is 4.89. The number of hydrogen-bond acceptors (Lipinski definition) is 5. The molecule has 1 N–H and O–H groups in total. The lowest BCUT2D eigenvalue weighted by Crippen LogP contribution is -2.15. The van der Waals surface area contributed by atoms with Gasteiger partial charge >= 0.3 is 0 Å². The summed E-state index contributed by atoms with van der Waals surface area (Å²) < 4.78 is 0. The maximum Gasteiger partial charge on any atom is 0.185 e. The van der Waals surface area contributed by atoms with Crippen LogP contribution < -0.4 is 10.2 Å². The van der Waals surface area contributed by atoms with E-state index in [2.05, 4.69) is 41.7 Å². The van der Waals surface area contributed by atoms with Crippen LogP contribution in [0.5, 0.6) is 0 Å². The summed E-state index contributed by atoms with van der Waals surface area (Å²) in [6.45, 7) is 4.17. The Morgan fingerprint density at radius 2 is 2.29 bits per heavy atom. The van der Waals surface area contributed by atoms with Crippen molar-refractivity contribution in [3.05, 3.63) is 33.0 Å². The normalized spacial score (nSPS) is 14.6. The van der Waals surface area contributed by atoms with Gasteiger partial charge in [0.15, 0.2) is 5.13 Å². The molecule has 0 amide bonds. The van der Waals surface area contributed by atoms with Gasteiger partial charge in [0.25, 0.3) is 0 Å². The van der Waals surface area contributed by atoms with Crippen LogP contribution in [0.25, 0.3) is 0 Å². The van der Waals surface area contributed by atoms with Gasteiger partial charge < -0.3 is 10.2 Å². The quantitative estimate of drug-likeness (QED) is 0.795. The summed E-state index contributed by atoms with van der Waals surface area (Å²) in [7, 11) is 2.15. The molecule has 21 heavy (non-hydrogen) atoms. The van der Waals surface area contributed by atoms with E-state index in [1.807, 2.05) is 22.7 Å². The Balaban J connectivity index is 1.69. The third kappa shape index (κ3) is 4.05. The molecular weight excluding hydrogens is 298 g/mol. The summed E-state index contributed by atoms with van der Waals surface area (Å²) in [5.41, 5.74) is 1.30. The van der Waals surface area contributed by atoms with E-state index in [1.165, 1.54) is 28.3 Å². The second-order valence-corrected chi connectivity index (χ2v) is 7.80. The summed E-state index contributed by atoms with van der Waals surface area (Å²) in [5.74, 6) is 0. The second kappa shape index (κ2) is 6.90. The summed E-state index contributed by atoms with van der Waals surface area (Å²) in [6.07, 6.45) is 4.93. The molecular formula is C16H23N3S2. The molecule has 0 unspecified atom stereocenters. The molecule has 0 bridgehead atoms. The molecule has 114 valence electrons. The first-order valence-corrected chi connectivity index (χ1v) is 9.41. The van der Waals surface area contributed by atoms with Crippen LogP contribution in [-0.4, -0.2) is 18.1 Å².